The van der Waals surface area contributed by atoms with Gasteiger partial charge in [0.05, 0.1) is 17.5 Å². The van der Waals surface area contributed by atoms with Gasteiger partial charge in [0.1, 0.15) is 5.82 Å². The maximum atomic E-state index is 14.9. The normalized spacial score (nSPS) is 11.8. The molecule has 1 N–H and O–H groups in total. The van der Waals surface area contributed by atoms with Crippen molar-refractivity contribution in [2.24, 2.45) is 0 Å². The topological polar surface area (TPSA) is 40.8 Å². The average molecular weight is 407 g/mol. The molecule has 0 saturated carbocycles. The first kappa shape index (κ1) is 20.0. The van der Waals surface area contributed by atoms with E-state index >= 15 is 0 Å². The fourth-order valence-electron chi connectivity index (χ4n) is 3.55. The summed E-state index contributed by atoms with van der Waals surface area (Å²) in [7, 11) is 3.90. The highest BCUT2D eigenvalue weighted by Crippen LogP contribution is 2.32. The van der Waals surface area contributed by atoms with Gasteiger partial charge < -0.3 is 10.0 Å². The molecule has 2 heterocycles. The van der Waals surface area contributed by atoms with Crippen molar-refractivity contribution < 1.29 is 13.9 Å². The zero-order valence-corrected chi connectivity index (χ0v) is 17.3. The smallest absolute Gasteiger partial charge is 0.174 e. The van der Waals surface area contributed by atoms with Crippen molar-refractivity contribution in [3.8, 4) is 22.4 Å². The van der Waals surface area contributed by atoms with Gasteiger partial charge in [-0.25, -0.2) is 13.8 Å². The van der Waals surface area contributed by atoms with Crippen LogP contribution in [0.5, 0.6) is 0 Å². The number of nitrogens with zero attached hydrogens (tertiary/aromatic N) is 3. The Balaban J connectivity index is 1.81. The minimum absolute atomic E-state index is 0.117. The molecule has 4 rings (SSSR count). The van der Waals surface area contributed by atoms with Crippen LogP contribution in [-0.2, 0) is 5.60 Å². The van der Waals surface area contributed by atoms with Crippen molar-refractivity contribution in [3.63, 3.8) is 0 Å². The second kappa shape index (κ2) is 7.22. The van der Waals surface area contributed by atoms with Crippen LogP contribution >= 0.6 is 0 Å². The van der Waals surface area contributed by atoms with Crippen LogP contribution in [0.15, 0.2) is 60.9 Å². The Bertz CT molecular complexity index is 1220. The lowest BCUT2D eigenvalue weighted by Gasteiger charge is -2.18. The van der Waals surface area contributed by atoms with E-state index in [9.17, 15) is 13.9 Å². The first-order chi connectivity index (χ1) is 14.2. The third kappa shape index (κ3) is 3.44. The summed E-state index contributed by atoms with van der Waals surface area (Å²) in [4.78, 5) is 6.18. The lowest BCUT2D eigenvalue weighted by molar-refractivity contribution is 0.0746. The van der Waals surface area contributed by atoms with Crippen molar-refractivity contribution in [2.45, 2.75) is 19.4 Å². The largest absolute Gasteiger partial charge is 0.386 e. The Morgan fingerprint density at radius 1 is 0.967 bits per heavy atom. The van der Waals surface area contributed by atoms with E-state index in [0.29, 0.717) is 16.8 Å². The summed E-state index contributed by atoms with van der Waals surface area (Å²) in [5.74, 6) is -0.904. The summed E-state index contributed by atoms with van der Waals surface area (Å²) >= 11 is 0. The van der Waals surface area contributed by atoms with Crippen LogP contribution in [-0.4, -0.2) is 28.6 Å². The fourth-order valence-corrected chi connectivity index (χ4v) is 3.55. The maximum Gasteiger partial charge on any atom is 0.174 e. The van der Waals surface area contributed by atoms with Gasteiger partial charge in [-0.1, -0.05) is 12.1 Å². The first-order valence-electron chi connectivity index (χ1n) is 9.63. The Kier molecular flexibility index (Phi) is 4.82. The summed E-state index contributed by atoms with van der Waals surface area (Å²) < 4.78 is 31.1. The summed E-state index contributed by atoms with van der Waals surface area (Å²) in [5, 5.41) is 10.2. The predicted octanol–water partition coefficient (Wildman–Crippen LogP) is 5.24. The van der Waals surface area contributed by atoms with Gasteiger partial charge in [-0.15, -0.1) is 0 Å². The molecule has 0 spiro atoms. The molecule has 0 aliphatic rings. The number of hydrogen-bond acceptors (Lipinski definition) is 3. The van der Waals surface area contributed by atoms with Crippen LogP contribution in [0.25, 0.3) is 28.0 Å². The summed E-state index contributed by atoms with van der Waals surface area (Å²) in [6.45, 7) is 3.05. The Morgan fingerprint density at radius 3 is 2.27 bits per heavy atom. The number of aliphatic hydroxyl groups is 1. The van der Waals surface area contributed by atoms with Crippen LogP contribution in [0.4, 0.5) is 14.5 Å². The summed E-state index contributed by atoms with van der Waals surface area (Å²) in [6.07, 6.45) is 3.22. The molecular weight excluding hydrogens is 384 g/mol. The fraction of sp³-hybridized carbons (Fsp3) is 0.208. The van der Waals surface area contributed by atoms with E-state index in [-0.39, 0.29) is 17.0 Å². The molecule has 4 aromatic rings. The van der Waals surface area contributed by atoms with E-state index in [1.807, 2.05) is 43.3 Å². The number of fused-ring (bicyclic) bond motifs is 1. The molecule has 4 nitrogen and oxygen atoms in total. The van der Waals surface area contributed by atoms with E-state index in [2.05, 4.69) is 4.98 Å². The number of anilines is 1. The number of aromatic nitrogens is 2. The lowest BCUT2D eigenvalue weighted by atomic mass is 9.99. The highest BCUT2D eigenvalue weighted by atomic mass is 19.1. The van der Waals surface area contributed by atoms with E-state index < -0.39 is 11.4 Å². The molecule has 0 bridgehead atoms. The number of rotatable bonds is 4. The Hall–Kier alpha value is -3.25. The zero-order chi connectivity index (χ0) is 21.6. The molecule has 30 heavy (non-hydrogen) atoms. The van der Waals surface area contributed by atoms with Gasteiger partial charge >= 0.3 is 0 Å². The summed E-state index contributed by atoms with van der Waals surface area (Å²) in [5.41, 5.74) is 2.56. The van der Waals surface area contributed by atoms with Crippen LogP contribution in [0.3, 0.4) is 0 Å². The summed E-state index contributed by atoms with van der Waals surface area (Å²) in [6, 6.07) is 14.0. The number of benzene rings is 2. The maximum absolute atomic E-state index is 14.9. The standard InChI is InChI=1S/C24H23F2N3O/c1-24(2,30)19-11-12-29-21(14-27-23(29)22(19)26)16-7-10-20(25)18(13-16)15-5-8-17(9-6-15)28(3)4/h5-14,30H,1-4H3. The Morgan fingerprint density at radius 2 is 1.63 bits per heavy atom. The highest BCUT2D eigenvalue weighted by molar-refractivity contribution is 5.74. The second-order valence-electron chi connectivity index (χ2n) is 8.08. The molecule has 0 aliphatic carbocycles. The van der Waals surface area contributed by atoms with Gasteiger partial charge in [0, 0.05) is 42.7 Å². The van der Waals surface area contributed by atoms with Crippen molar-refractivity contribution >= 4 is 11.3 Å². The molecule has 154 valence electrons. The van der Waals surface area contributed by atoms with Crippen molar-refractivity contribution in [2.75, 3.05) is 19.0 Å². The lowest BCUT2D eigenvalue weighted by Crippen LogP contribution is -2.18. The number of imidazole rings is 1. The Labute approximate surface area is 174 Å². The number of pyridine rings is 1. The first-order valence-corrected chi connectivity index (χ1v) is 9.63. The third-order valence-electron chi connectivity index (χ3n) is 5.24. The minimum Gasteiger partial charge on any atom is -0.386 e. The predicted molar refractivity (Wildman–Crippen MR) is 116 cm³/mol. The molecular formula is C24H23F2N3O. The number of halogens is 2. The van der Waals surface area contributed by atoms with Crippen LogP contribution in [0.1, 0.15) is 19.4 Å². The zero-order valence-electron chi connectivity index (χ0n) is 17.3. The molecule has 0 radical (unpaired) electrons. The average Bonchev–Trinajstić information content (AvgIpc) is 3.13. The van der Waals surface area contributed by atoms with Gasteiger partial charge in [0.25, 0.3) is 0 Å². The monoisotopic (exact) mass is 407 g/mol. The SMILES string of the molecule is CN(C)c1ccc(-c2cc(-c3cnc4c(F)c(C(C)(C)O)ccn34)ccc2F)cc1. The van der Waals surface area contributed by atoms with E-state index in [1.165, 1.54) is 26.0 Å². The van der Waals surface area contributed by atoms with Crippen molar-refractivity contribution in [3.05, 3.63) is 78.1 Å². The van der Waals surface area contributed by atoms with Crippen LogP contribution < -0.4 is 4.90 Å². The third-order valence-corrected chi connectivity index (χ3v) is 5.24. The molecule has 2 aromatic heterocycles. The number of hydrogen-bond donors (Lipinski definition) is 1. The van der Waals surface area contributed by atoms with E-state index in [4.69, 9.17) is 0 Å². The van der Waals surface area contributed by atoms with Gasteiger partial charge in [-0.2, -0.15) is 0 Å². The van der Waals surface area contributed by atoms with Crippen LogP contribution in [0, 0.1) is 11.6 Å². The molecule has 0 amide bonds. The molecule has 6 heteroatoms. The van der Waals surface area contributed by atoms with E-state index in [1.54, 1.807) is 28.9 Å². The van der Waals surface area contributed by atoms with Crippen LogP contribution in [0.2, 0.25) is 0 Å². The van der Waals surface area contributed by atoms with Gasteiger partial charge in [-0.05, 0) is 55.8 Å². The molecule has 2 aromatic carbocycles. The van der Waals surface area contributed by atoms with Crippen molar-refractivity contribution in [1.82, 2.24) is 9.38 Å². The van der Waals surface area contributed by atoms with Gasteiger partial charge in [0.2, 0.25) is 0 Å². The molecule has 0 fully saturated rings. The minimum atomic E-state index is -1.32. The second-order valence-corrected chi connectivity index (χ2v) is 8.08. The molecule has 0 atom stereocenters. The quantitative estimate of drug-likeness (QED) is 0.503. The molecule has 0 aliphatic heterocycles. The highest BCUT2D eigenvalue weighted by Gasteiger charge is 2.24. The molecule has 0 saturated heterocycles. The van der Waals surface area contributed by atoms with Gasteiger partial charge in [-0.3, -0.25) is 4.40 Å². The molecule has 0 unspecified atom stereocenters. The van der Waals surface area contributed by atoms with Crippen molar-refractivity contribution in [1.29, 1.82) is 0 Å². The van der Waals surface area contributed by atoms with E-state index in [0.717, 1.165) is 11.3 Å². The van der Waals surface area contributed by atoms with Gasteiger partial charge in [0.15, 0.2) is 11.5 Å².